The largest absolute Gasteiger partial charge is 0.467 e. The van der Waals surface area contributed by atoms with Crippen LogP contribution in [0.3, 0.4) is 0 Å². The summed E-state index contributed by atoms with van der Waals surface area (Å²) in [5.74, 6) is 2.01. The summed E-state index contributed by atoms with van der Waals surface area (Å²) in [6.07, 6.45) is 2.71. The van der Waals surface area contributed by atoms with Crippen LogP contribution in [-0.2, 0) is 16.1 Å². The van der Waals surface area contributed by atoms with Crippen LogP contribution >= 0.6 is 0 Å². The highest BCUT2D eigenvalue weighted by atomic mass is 16.5. The number of nitrogens with one attached hydrogen (secondary N) is 1. The fraction of sp³-hybridized carbons (Fsp3) is 0.625. The van der Waals surface area contributed by atoms with Crippen molar-refractivity contribution in [3.8, 4) is 0 Å². The first-order valence-electron chi connectivity index (χ1n) is 7.86. The van der Waals surface area contributed by atoms with E-state index in [9.17, 15) is 4.79 Å². The van der Waals surface area contributed by atoms with Crippen LogP contribution in [-0.4, -0.2) is 69.1 Å². The van der Waals surface area contributed by atoms with Crippen molar-refractivity contribution in [1.82, 2.24) is 15.1 Å². The number of ether oxygens (including phenoxy) is 1. The van der Waals surface area contributed by atoms with Crippen LogP contribution < -0.4 is 5.32 Å². The first-order valence-corrected chi connectivity index (χ1v) is 7.86. The Morgan fingerprint density at radius 2 is 2.26 bits per heavy atom. The number of aliphatic imine (C=N–C) groups is 1. The van der Waals surface area contributed by atoms with Crippen molar-refractivity contribution in [3.05, 3.63) is 24.2 Å². The van der Waals surface area contributed by atoms with Crippen molar-refractivity contribution in [2.24, 2.45) is 10.9 Å². The quantitative estimate of drug-likeness (QED) is 0.619. The maximum atomic E-state index is 11.8. The van der Waals surface area contributed by atoms with Gasteiger partial charge in [0, 0.05) is 40.2 Å². The average Bonchev–Trinajstić information content (AvgIpc) is 3.20. The molecule has 1 N–H and O–H groups in total. The maximum Gasteiger partial charge on any atom is 0.243 e. The topological polar surface area (TPSA) is 70.3 Å². The van der Waals surface area contributed by atoms with E-state index in [1.54, 1.807) is 25.3 Å². The van der Waals surface area contributed by atoms with Gasteiger partial charge in [-0.3, -0.25) is 4.79 Å². The molecule has 0 saturated carbocycles. The molecule has 0 radical (unpaired) electrons. The summed E-state index contributed by atoms with van der Waals surface area (Å²) < 4.78 is 10.8. The van der Waals surface area contributed by atoms with Gasteiger partial charge in [0.15, 0.2) is 5.96 Å². The summed E-state index contributed by atoms with van der Waals surface area (Å²) in [6.45, 7) is 3.10. The van der Waals surface area contributed by atoms with Gasteiger partial charge in [0.1, 0.15) is 12.3 Å². The van der Waals surface area contributed by atoms with Gasteiger partial charge in [0.2, 0.25) is 5.91 Å². The molecule has 1 unspecified atom stereocenters. The smallest absolute Gasteiger partial charge is 0.243 e. The fourth-order valence-corrected chi connectivity index (χ4v) is 2.29. The van der Waals surface area contributed by atoms with E-state index in [4.69, 9.17) is 9.15 Å². The van der Waals surface area contributed by atoms with Gasteiger partial charge in [-0.25, -0.2) is 4.99 Å². The summed E-state index contributed by atoms with van der Waals surface area (Å²) >= 11 is 0. The minimum Gasteiger partial charge on any atom is -0.467 e. The molecule has 0 spiro atoms. The molecule has 7 heteroatoms. The molecule has 1 aliphatic heterocycles. The molecule has 0 aliphatic carbocycles. The number of guanidine groups is 1. The molecular weight excluding hydrogens is 296 g/mol. The predicted molar refractivity (Wildman–Crippen MR) is 88.1 cm³/mol. The van der Waals surface area contributed by atoms with E-state index in [1.807, 2.05) is 24.1 Å². The predicted octanol–water partition coefficient (Wildman–Crippen LogP) is 0.782. The maximum absolute atomic E-state index is 11.8. The molecule has 23 heavy (non-hydrogen) atoms. The number of rotatable bonds is 6. The summed E-state index contributed by atoms with van der Waals surface area (Å²) in [6, 6.07) is 3.78. The van der Waals surface area contributed by atoms with E-state index >= 15 is 0 Å². The van der Waals surface area contributed by atoms with Crippen LogP contribution in [0.4, 0.5) is 0 Å². The minimum absolute atomic E-state index is 0.0279. The second-order valence-electron chi connectivity index (χ2n) is 5.97. The zero-order valence-corrected chi connectivity index (χ0v) is 14.1. The lowest BCUT2D eigenvalue weighted by atomic mass is 10.1. The summed E-state index contributed by atoms with van der Waals surface area (Å²) in [4.78, 5) is 19.7. The third-order valence-corrected chi connectivity index (χ3v) is 3.77. The van der Waals surface area contributed by atoms with Crippen molar-refractivity contribution in [1.29, 1.82) is 0 Å². The van der Waals surface area contributed by atoms with Gasteiger partial charge in [-0.05, 0) is 18.6 Å². The zero-order valence-electron chi connectivity index (χ0n) is 14.1. The lowest BCUT2D eigenvalue weighted by Gasteiger charge is -2.23. The monoisotopic (exact) mass is 322 g/mol. The van der Waals surface area contributed by atoms with Gasteiger partial charge in [0.05, 0.1) is 19.4 Å². The molecule has 0 bridgehead atoms. The molecule has 1 aromatic rings. The van der Waals surface area contributed by atoms with E-state index in [1.165, 1.54) is 0 Å². The van der Waals surface area contributed by atoms with Crippen LogP contribution in [0.5, 0.6) is 0 Å². The fourth-order valence-electron chi connectivity index (χ4n) is 2.29. The Kier molecular flexibility index (Phi) is 6.46. The lowest BCUT2D eigenvalue weighted by Crippen LogP contribution is -2.41. The Morgan fingerprint density at radius 1 is 1.43 bits per heavy atom. The number of likely N-dealkylation sites (N-methyl/N-ethyl adjacent to an activating group) is 1. The SMILES string of the molecule is CN(C)C(=O)CN=C(NCC1CCOC1)N(C)Cc1ccco1. The molecule has 1 fully saturated rings. The van der Waals surface area contributed by atoms with Gasteiger partial charge < -0.3 is 24.3 Å². The number of furan rings is 1. The molecule has 1 atom stereocenters. The Labute approximate surface area is 137 Å². The number of amides is 1. The first kappa shape index (κ1) is 17.3. The summed E-state index contributed by atoms with van der Waals surface area (Å²) in [7, 11) is 5.39. The van der Waals surface area contributed by atoms with Crippen molar-refractivity contribution >= 4 is 11.9 Å². The van der Waals surface area contributed by atoms with Gasteiger partial charge in [0.25, 0.3) is 0 Å². The molecule has 1 aromatic heterocycles. The normalized spacial score (nSPS) is 18.0. The molecule has 1 amide bonds. The minimum atomic E-state index is -0.0279. The van der Waals surface area contributed by atoms with E-state index in [2.05, 4.69) is 10.3 Å². The molecule has 7 nitrogen and oxygen atoms in total. The van der Waals surface area contributed by atoms with Gasteiger partial charge >= 0.3 is 0 Å². The Bertz CT molecular complexity index is 507. The molecule has 0 aromatic carbocycles. The molecule has 1 aliphatic rings. The lowest BCUT2D eigenvalue weighted by molar-refractivity contribution is -0.127. The average molecular weight is 322 g/mol. The third kappa shape index (κ3) is 5.59. The third-order valence-electron chi connectivity index (χ3n) is 3.77. The number of carbonyl (C=O) groups is 1. The number of hydrogen-bond donors (Lipinski definition) is 1. The van der Waals surface area contributed by atoms with E-state index in [0.717, 1.165) is 31.9 Å². The molecule has 1 saturated heterocycles. The van der Waals surface area contributed by atoms with Crippen LogP contribution in [0.2, 0.25) is 0 Å². The Morgan fingerprint density at radius 3 is 2.87 bits per heavy atom. The highest BCUT2D eigenvalue weighted by molar-refractivity contribution is 5.84. The Balaban J connectivity index is 1.96. The second-order valence-corrected chi connectivity index (χ2v) is 5.97. The standard InChI is InChI=1S/C16H26N4O3/c1-19(2)15(21)10-18-16(17-9-13-6-8-22-12-13)20(3)11-14-5-4-7-23-14/h4-5,7,13H,6,8-12H2,1-3H3,(H,17,18). The van der Waals surface area contributed by atoms with Gasteiger partial charge in [-0.2, -0.15) is 0 Å². The van der Waals surface area contributed by atoms with Gasteiger partial charge in [-0.1, -0.05) is 0 Å². The summed E-state index contributed by atoms with van der Waals surface area (Å²) in [5, 5.41) is 3.35. The highest BCUT2D eigenvalue weighted by Crippen LogP contribution is 2.11. The molecule has 128 valence electrons. The van der Waals surface area contributed by atoms with Crippen LogP contribution in [0.15, 0.2) is 27.8 Å². The molecule has 2 rings (SSSR count). The highest BCUT2D eigenvalue weighted by Gasteiger charge is 2.17. The number of hydrogen-bond acceptors (Lipinski definition) is 4. The molecule has 2 heterocycles. The van der Waals surface area contributed by atoms with E-state index in [0.29, 0.717) is 18.4 Å². The van der Waals surface area contributed by atoms with Gasteiger partial charge in [-0.15, -0.1) is 0 Å². The number of nitrogens with zero attached hydrogens (tertiary/aromatic N) is 3. The molecular formula is C16H26N4O3. The van der Waals surface area contributed by atoms with Crippen molar-refractivity contribution in [3.63, 3.8) is 0 Å². The van der Waals surface area contributed by atoms with Crippen LogP contribution in [0.25, 0.3) is 0 Å². The first-order chi connectivity index (χ1) is 11.1. The van der Waals surface area contributed by atoms with E-state index in [-0.39, 0.29) is 12.5 Å². The van der Waals surface area contributed by atoms with Crippen LogP contribution in [0.1, 0.15) is 12.2 Å². The van der Waals surface area contributed by atoms with Crippen molar-refractivity contribution in [2.45, 2.75) is 13.0 Å². The summed E-state index contributed by atoms with van der Waals surface area (Å²) in [5.41, 5.74) is 0. The Hall–Kier alpha value is -2.02. The number of carbonyl (C=O) groups excluding carboxylic acids is 1. The van der Waals surface area contributed by atoms with Crippen molar-refractivity contribution < 1.29 is 13.9 Å². The van der Waals surface area contributed by atoms with E-state index < -0.39 is 0 Å². The zero-order chi connectivity index (χ0) is 16.7. The van der Waals surface area contributed by atoms with Crippen molar-refractivity contribution in [2.75, 3.05) is 47.4 Å². The van der Waals surface area contributed by atoms with Crippen LogP contribution in [0, 0.1) is 5.92 Å². The second kappa shape index (κ2) is 8.57.